The van der Waals surface area contributed by atoms with Crippen LogP contribution in [0.4, 0.5) is 19.0 Å². The Bertz CT molecular complexity index is 1130. The van der Waals surface area contributed by atoms with E-state index in [-0.39, 0.29) is 17.1 Å². The van der Waals surface area contributed by atoms with Gasteiger partial charge >= 0.3 is 6.18 Å². The zero-order valence-electron chi connectivity index (χ0n) is 15.2. The van der Waals surface area contributed by atoms with Gasteiger partial charge in [0, 0.05) is 23.3 Å². The summed E-state index contributed by atoms with van der Waals surface area (Å²) in [5.74, 6) is 0.282. The average Bonchev–Trinajstić information content (AvgIpc) is 3.35. The molecule has 148 valence electrons. The number of ketones is 1. The predicted molar refractivity (Wildman–Crippen MR) is 99.0 cm³/mol. The number of aliphatic imine (C=N–C) groups is 1. The quantitative estimate of drug-likeness (QED) is 0.638. The van der Waals surface area contributed by atoms with Crippen LogP contribution < -0.4 is 0 Å². The van der Waals surface area contributed by atoms with Gasteiger partial charge in [-0.15, -0.1) is 0 Å². The first kappa shape index (κ1) is 17.9. The Morgan fingerprint density at radius 3 is 2.72 bits per heavy atom. The van der Waals surface area contributed by atoms with Crippen molar-refractivity contribution >= 4 is 17.3 Å². The van der Waals surface area contributed by atoms with Gasteiger partial charge in [-0.1, -0.05) is 18.2 Å². The van der Waals surface area contributed by atoms with E-state index in [1.807, 2.05) is 0 Å². The van der Waals surface area contributed by atoms with Crippen molar-refractivity contribution in [2.45, 2.75) is 31.4 Å². The Labute approximate surface area is 163 Å². The third kappa shape index (κ3) is 2.90. The number of alkyl halides is 3. The number of hydrogen-bond acceptors (Lipinski definition) is 4. The van der Waals surface area contributed by atoms with Gasteiger partial charge in [0.25, 0.3) is 0 Å². The standard InChI is InChI=1S/C21H16F3N3O2/c22-21(23,24)13-5-2-1-4-11(13)16-8-9-17(29-16)18-12-10-25-27-20(12)26-14-6-3-7-15(28)19(14)18/h1-2,4-5,8-10,18-19H,3,6-7H2,(H,25,27). The first-order valence-corrected chi connectivity index (χ1v) is 9.33. The molecule has 2 aliphatic rings. The number of halogens is 3. The number of rotatable bonds is 2. The van der Waals surface area contributed by atoms with Gasteiger partial charge in [-0.2, -0.15) is 18.3 Å². The molecule has 5 rings (SSSR count). The van der Waals surface area contributed by atoms with Crippen molar-refractivity contribution in [3.63, 3.8) is 0 Å². The number of aromatic nitrogens is 2. The largest absolute Gasteiger partial charge is 0.460 e. The molecule has 29 heavy (non-hydrogen) atoms. The SMILES string of the molecule is O=C1CCCC2=Nc3[nH]ncc3C(c3ccc(-c4ccccc4C(F)(F)F)o3)C12. The lowest BCUT2D eigenvalue weighted by Crippen LogP contribution is -2.36. The molecule has 2 aromatic heterocycles. The lowest BCUT2D eigenvalue weighted by atomic mass is 9.72. The second kappa shape index (κ2) is 6.43. The molecule has 1 fully saturated rings. The number of fused-ring (bicyclic) bond motifs is 2. The van der Waals surface area contributed by atoms with Gasteiger partial charge < -0.3 is 4.42 Å². The van der Waals surface area contributed by atoms with E-state index in [0.29, 0.717) is 24.4 Å². The van der Waals surface area contributed by atoms with E-state index < -0.39 is 23.6 Å². The number of carbonyl (C=O) groups is 1. The lowest BCUT2D eigenvalue weighted by molar-refractivity contribution is -0.137. The average molecular weight is 399 g/mol. The third-order valence-corrected chi connectivity index (χ3v) is 5.56. The van der Waals surface area contributed by atoms with Crippen LogP contribution in [-0.2, 0) is 11.0 Å². The fourth-order valence-electron chi connectivity index (χ4n) is 4.30. The van der Waals surface area contributed by atoms with E-state index in [2.05, 4.69) is 15.2 Å². The summed E-state index contributed by atoms with van der Waals surface area (Å²) in [5.41, 5.74) is 0.707. The highest BCUT2D eigenvalue weighted by Gasteiger charge is 2.43. The third-order valence-electron chi connectivity index (χ3n) is 5.56. The summed E-state index contributed by atoms with van der Waals surface area (Å²) < 4.78 is 46.1. The Morgan fingerprint density at radius 1 is 1.07 bits per heavy atom. The van der Waals surface area contributed by atoms with Crippen molar-refractivity contribution in [2.75, 3.05) is 0 Å². The normalized spacial score (nSPS) is 21.5. The molecule has 2 unspecified atom stereocenters. The topological polar surface area (TPSA) is 71.2 Å². The molecule has 0 bridgehead atoms. The van der Waals surface area contributed by atoms with Gasteiger partial charge in [-0.3, -0.25) is 9.89 Å². The lowest BCUT2D eigenvalue weighted by Gasteiger charge is -2.32. The molecule has 1 N–H and O–H groups in total. The number of Topliss-reactive ketones (excluding diaryl/α,β-unsaturated/α-hetero) is 1. The van der Waals surface area contributed by atoms with Crippen LogP contribution >= 0.6 is 0 Å². The first-order chi connectivity index (χ1) is 13.9. The minimum absolute atomic E-state index is 0.0293. The molecule has 0 saturated heterocycles. The summed E-state index contributed by atoms with van der Waals surface area (Å²) in [5, 5.41) is 6.87. The summed E-state index contributed by atoms with van der Waals surface area (Å²) in [4.78, 5) is 17.3. The van der Waals surface area contributed by atoms with Gasteiger partial charge in [-0.05, 0) is 31.0 Å². The summed E-state index contributed by atoms with van der Waals surface area (Å²) in [6, 6.07) is 8.47. The molecule has 0 radical (unpaired) electrons. The molecule has 8 heteroatoms. The van der Waals surface area contributed by atoms with Crippen molar-refractivity contribution in [3.05, 3.63) is 59.5 Å². The zero-order chi connectivity index (χ0) is 20.2. The highest BCUT2D eigenvalue weighted by molar-refractivity contribution is 6.10. The molecule has 5 nitrogen and oxygen atoms in total. The number of H-pyrrole nitrogens is 1. The molecule has 1 aliphatic heterocycles. The molecular weight excluding hydrogens is 383 g/mol. The number of nitrogens with one attached hydrogen (secondary N) is 1. The van der Waals surface area contributed by atoms with Crippen LogP contribution in [0, 0.1) is 5.92 Å². The Kier molecular flexibility index (Phi) is 3.97. The fraction of sp³-hybridized carbons (Fsp3) is 0.286. The fourth-order valence-corrected chi connectivity index (χ4v) is 4.30. The summed E-state index contributed by atoms with van der Waals surface area (Å²) >= 11 is 0. The van der Waals surface area contributed by atoms with Crippen LogP contribution in [0.5, 0.6) is 0 Å². The van der Waals surface area contributed by atoms with E-state index in [0.717, 1.165) is 23.8 Å². The molecule has 0 spiro atoms. The van der Waals surface area contributed by atoms with Gasteiger partial charge in [0.2, 0.25) is 0 Å². The van der Waals surface area contributed by atoms with E-state index in [4.69, 9.17) is 4.42 Å². The summed E-state index contributed by atoms with van der Waals surface area (Å²) in [6.45, 7) is 0. The molecule has 2 atom stereocenters. The molecule has 1 aliphatic carbocycles. The van der Waals surface area contributed by atoms with Crippen LogP contribution in [0.1, 0.15) is 42.1 Å². The number of carbonyl (C=O) groups excluding carboxylic acids is 1. The van der Waals surface area contributed by atoms with Crippen LogP contribution in [0.3, 0.4) is 0 Å². The monoisotopic (exact) mass is 399 g/mol. The molecule has 1 aromatic carbocycles. The molecule has 3 heterocycles. The van der Waals surface area contributed by atoms with Crippen molar-refractivity contribution in [3.8, 4) is 11.3 Å². The van der Waals surface area contributed by atoms with Crippen molar-refractivity contribution in [1.29, 1.82) is 0 Å². The van der Waals surface area contributed by atoms with E-state index in [1.165, 1.54) is 24.3 Å². The van der Waals surface area contributed by atoms with Crippen LogP contribution in [0.2, 0.25) is 0 Å². The minimum atomic E-state index is -4.49. The van der Waals surface area contributed by atoms with Gasteiger partial charge in [0.15, 0.2) is 5.82 Å². The summed E-state index contributed by atoms with van der Waals surface area (Å²) in [6.07, 6.45) is -0.986. The van der Waals surface area contributed by atoms with Crippen LogP contribution in [0.15, 0.2) is 52.0 Å². The molecule has 1 saturated carbocycles. The number of nitrogens with zero attached hydrogens (tertiary/aromatic N) is 2. The second-order valence-corrected chi connectivity index (χ2v) is 7.30. The zero-order valence-corrected chi connectivity index (χ0v) is 15.2. The highest BCUT2D eigenvalue weighted by Crippen LogP contribution is 2.46. The predicted octanol–water partition coefficient (Wildman–Crippen LogP) is 5.28. The van der Waals surface area contributed by atoms with E-state index >= 15 is 0 Å². The first-order valence-electron chi connectivity index (χ1n) is 9.33. The molecule has 0 amide bonds. The minimum Gasteiger partial charge on any atom is -0.460 e. The molecule has 3 aromatic rings. The maximum absolute atomic E-state index is 13.4. The van der Waals surface area contributed by atoms with E-state index in [1.54, 1.807) is 12.3 Å². The maximum atomic E-state index is 13.4. The second-order valence-electron chi connectivity index (χ2n) is 7.30. The Balaban J connectivity index is 1.61. The Morgan fingerprint density at radius 2 is 1.90 bits per heavy atom. The van der Waals surface area contributed by atoms with E-state index in [9.17, 15) is 18.0 Å². The number of furan rings is 1. The number of hydrogen-bond donors (Lipinski definition) is 1. The van der Waals surface area contributed by atoms with Crippen molar-refractivity contribution in [2.24, 2.45) is 10.9 Å². The van der Waals surface area contributed by atoms with Gasteiger partial charge in [-0.25, -0.2) is 4.99 Å². The smallest absolute Gasteiger partial charge is 0.417 e. The number of aromatic amines is 1. The molecular formula is C21H16F3N3O2. The van der Waals surface area contributed by atoms with Gasteiger partial charge in [0.1, 0.15) is 17.3 Å². The summed E-state index contributed by atoms with van der Waals surface area (Å²) in [7, 11) is 0. The maximum Gasteiger partial charge on any atom is 0.417 e. The van der Waals surface area contributed by atoms with Gasteiger partial charge in [0.05, 0.1) is 23.6 Å². The van der Waals surface area contributed by atoms with Crippen molar-refractivity contribution in [1.82, 2.24) is 10.2 Å². The van der Waals surface area contributed by atoms with Crippen molar-refractivity contribution < 1.29 is 22.4 Å². The van der Waals surface area contributed by atoms with Crippen LogP contribution in [-0.4, -0.2) is 21.7 Å². The number of benzene rings is 1. The van der Waals surface area contributed by atoms with Crippen LogP contribution in [0.25, 0.3) is 11.3 Å². The Hall–Kier alpha value is -3.16. The highest BCUT2D eigenvalue weighted by atomic mass is 19.4.